The van der Waals surface area contributed by atoms with E-state index in [9.17, 15) is 0 Å². The van der Waals surface area contributed by atoms with E-state index in [4.69, 9.17) is 0 Å². The summed E-state index contributed by atoms with van der Waals surface area (Å²) >= 11 is 9.48. The van der Waals surface area contributed by atoms with Crippen LogP contribution in [0.2, 0.25) is 0 Å². The van der Waals surface area contributed by atoms with E-state index in [2.05, 4.69) is 51.8 Å². The molecule has 0 bridgehead atoms. The number of rotatable bonds is 2. The molecule has 1 atom stereocenters. The van der Waals surface area contributed by atoms with E-state index in [1.54, 1.807) is 0 Å². The maximum atomic E-state index is 3.94. The van der Waals surface area contributed by atoms with Gasteiger partial charge < -0.3 is 0 Å². The van der Waals surface area contributed by atoms with Gasteiger partial charge in [-0.1, -0.05) is 42.1 Å². The van der Waals surface area contributed by atoms with Crippen LogP contribution in [0.25, 0.3) is 0 Å². The first-order valence-electron chi connectivity index (χ1n) is 5.93. The van der Waals surface area contributed by atoms with Crippen LogP contribution in [0.4, 0.5) is 0 Å². The molecule has 0 nitrogen and oxygen atoms in total. The van der Waals surface area contributed by atoms with Crippen LogP contribution in [0.5, 0.6) is 0 Å². The first kappa shape index (κ1) is 13.1. The Morgan fingerprint density at radius 2 is 1.94 bits per heavy atom. The average Bonchev–Trinajstić information content (AvgIpc) is 2.59. The van der Waals surface area contributed by atoms with E-state index < -0.39 is 0 Å². The molecule has 1 aliphatic rings. The highest BCUT2D eigenvalue weighted by molar-refractivity contribution is 9.10. The summed E-state index contributed by atoms with van der Waals surface area (Å²) in [7, 11) is 0. The fraction of sp³-hybridized carbons (Fsp3) is 0.692. The monoisotopic (exact) mass is 364 g/mol. The summed E-state index contributed by atoms with van der Waals surface area (Å²) in [4.78, 5) is 3.39. The van der Waals surface area contributed by atoms with Crippen molar-refractivity contribution in [2.45, 2.75) is 50.8 Å². The summed E-state index contributed by atoms with van der Waals surface area (Å²) in [6, 6.07) is 2.29. The smallest absolute Gasteiger partial charge is 0.0543 e. The molecule has 3 heteroatoms. The van der Waals surface area contributed by atoms with Gasteiger partial charge in [-0.2, -0.15) is 0 Å². The van der Waals surface area contributed by atoms with Crippen molar-refractivity contribution in [1.29, 1.82) is 0 Å². The summed E-state index contributed by atoms with van der Waals surface area (Å²) < 4.78 is 1.26. The summed E-state index contributed by atoms with van der Waals surface area (Å²) in [5, 5.41) is 0. The Morgan fingerprint density at radius 1 is 1.31 bits per heavy atom. The number of hydrogen-bond donors (Lipinski definition) is 0. The Morgan fingerprint density at radius 3 is 2.44 bits per heavy atom. The lowest BCUT2D eigenvalue weighted by Crippen LogP contribution is -2.24. The largest absolute Gasteiger partial charge is 0.143 e. The van der Waals surface area contributed by atoms with E-state index in [-0.39, 0.29) is 0 Å². The second-order valence-electron chi connectivity index (χ2n) is 5.13. The summed E-state index contributed by atoms with van der Waals surface area (Å²) in [6.07, 6.45) is 6.92. The lowest BCUT2D eigenvalue weighted by Gasteiger charge is -2.37. The highest BCUT2D eigenvalue weighted by Crippen LogP contribution is 2.52. The van der Waals surface area contributed by atoms with Gasteiger partial charge in [-0.05, 0) is 47.2 Å². The Kier molecular flexibility index (Phi) is 4.19. The van der Waals surface area contributed by atoms with Crippen molar-refractivity contribution in [2.75, 3.05) is 0 Å². The molecule has 1 fully saturated rings. The van der Waals surface area contributed by atoms with Gasteiger partial charge in [0.05, 0.1) is 4.83 Å². The number of thiophene rings is 1. The fourth-order valence-corrected chi connectivity index (χ4v) is 5.15. The first-order chi connectivity index (χ1) is 7.53. The zero-order valence-electron chi connectivity index (χ0n) is 9.85. The fourth-order valence-electron chi connectivity index (χ4n) is 2.56. The number of alkyl halides is 1. The van der Waals surface area contributed by atoms with Gasteiger partial charge in [-0.15, -0.1) is 11.3 Å². The Labute approximate surface area is 119 Å². The highest BCUT2D eigenvalue weighted by atomic mass is 79.9. The van der Waals surface area contributed by atoms with Crippen LogP contribution in [0.1, 0.15) is 53.6 Å². The molecule has 1 saturated carbocycles. The molecule has 0 saturated heterocycles. The van der Waals surface area contributed by atoms with Gasteiger partial charge in [0.1, 0.15) is 0 Å². The molecule has 2 rings (SSSR count). The standard InChI is InChI=1S/C13H18Br2S/c1-9-10(14)8-11(16-9)12(15)13(2)6-4-3-5-7-13/h8,12H,3-7H2,1-2H3. The minimum Gasteiger partial charge on any atom is -0.143 e. The topological polar surface area (TPSA) is 0 Å². The maximum absolute atomic E-state index is 3.94. The van der Waals surface area contributed by atoms with Crippen LogP contribution in [0, 0.1) is 12.3 Å². The van der Waals surface area contributed by atoms with Crippen molar-refractivity contribution in [3.8, 4) is 0 Å². The predicted octanol–water partition coefficient (Wildman–Crippen LogP) is 6.23. The second kappa shape index (κ2) is 5.11. The normalized spacial score (nSPS) is 22.0. The zero-order chi connectivity index (χ0) is 11.8. The van der Waals surface area contributed by atoms with Gasteiger partial charge in [0.2, 0.25) is 0 Å². The van der Waals surface area contributed by atoms with Crippen LogP contribution < -0.4 is 0 Å². The van der Waals surface area contributed by atoms with Crippen molar-refractivity contribution < 1.29 is 0 Å². The van der Waals surface area contributed by atoms with Gasteiger partial charge >= 0.3 is 0 Å². The molecule has 0 radical (unpaired) electrons. The molecule has 16 heavy (non-hydrogen) atoms. The highest BCUT2D eigenvalue weighted by Gasteiger charge is 2.35. The van der Waals surface area contributed by atoms with E-state index in [1.165, 1.54) is 46.3 Å². The maximum Gasteiger partial charge on any atom is 0.0543 e. The van der Waals surface area contributed by atoms with Crippen molar-refractivity contribution in [2.24, 2.45) is 5.41 Å². The van der Waals surface area contributed by atoms with Gasteiger partial charge in [0.25, 0.3) is 0 Å². The minimum atomic E-state index is 0.453. The van der Waals surface area contributed by atoms with Gasteiger partial charge in [-0.3, -0.25) is 0 Å². The quantitative estimate of drug-likeness (QED) is 0.545. The number of halogens is 2. The van der Waals surface area contributed by atoms with Crippen molar-refractivity contribution in [3.05, 3.63) is 20.3 Å². The molecule has 1 aromatic heterocycles. The molecule has 1 heterocycles. The molecule has 0 spiro atoms. The number of aryl methyl sites for hydroxylation is 1. The molecule has 1 aliphatic carbocycles. The summed E-state index contributed by atoms with van der Waals surface area (Å²) in [5.74, 6) is 0. The Bertz CT molecular complexity index is 345. The van der Waals surface area contributed by atoms with E-state index in [0.29, 0.717) is 10.2 Å². The second-order valence-corrected chi connectivity index (χ2v) is 8.19. The molecule has 0 aliphatic heterocycles. The molecular formula is C13H18Br2S. The zero-order valence-corrected chi connectivity index (χ0v) is 13.8. The molecule has 90 valence electrons. The molecule has 0 amide bonds. The van der Waals surface area contributed by atoms with Crippen molar-refractivity contribution >= 4 is 43.2 Å². The van der Waals surface area contributed by atoms with Crippen LogP contribution in [0.15, 0.2) is 10.5 Å². The van der Waals surface area contributed by atoms with E-state index in [0.717, 1.165) is 0 Å². The van der Waals surface area contributed by atoms with Crippen molar-refractivity contribution in [3.63, 3.8) is 0 Å². The molecule has 1 unspecified atom stereocenters. The van der Waals surface area contributed by atoms with E-state index in [1.807, 2.05) is 11.3 Å². The first-order valence-corrected chi connectivity index (χ1v) is 8.45. The molecule has 1 aromatic rings. The van der Waals surface area contributed by atoms with Crippen LogP contribution in [-0.2, 0) is 0 Å². The van der Waals surface area contributed by atoms with E-state index >= 15 is 0 Å². The van der Waals surface area contributed by atoms with Crippen LogP contribution in [-0.4, -0.2) is 0 Å². The minimum absolute atomic E-state index is 0.453. The van der Waals surface area contributed by atoms with Gasteiger partial charge in [0.15, 0.2) is 0 Å². The molecule has 0 N–H and O–H groups in total. The average molecular weight is 366 g/mol. The predicted molar refractivity (Wildman–Crippen MR) is 79.6 cm³/mol. The Balaban J connectivity index is 2.20. The van der Waals surface area contributed by atoms with Crippen LogP contribution in [0.3, 0.4) is 0 Å². The third kappa shape index (κ3) is 2.56. The third-order valence-electron chi connectivity index (χ3n) is 3.73. The van der Waals surface area contributed by atoms with Gasteiger partial charge in [0, 0.05) is 14.2 Å². The Hall–Kier alpha value is 0.660. The SMILES string of the molecule is Cc1sc(C(Br)C2(C)CCCCC2)cc1Br. The third-order valence-corrected chi connectivity index (χ3v) is 7.84. The molecule has 0 aromatic carbocycles. The summed E-state index contributed by atoms with van der Waals surface area (Å²) in [5.41, 5.74) is 0.453. The lowest BCUT2D eigenvalue weighted by atomic mass is 9.73. The lowest BCUT2D eigenvalue weighted by molar-refractivity contribution is 0.214. The molecular weight excluding hydrogens is 348 g/mol. The summed E-state index contributed by atoms with van der Waals surface area (Å²) in [6.45, 7) is 4.62. The van der Waals surface area contributed by atoms with Crippen LogP contribution >= 0.6 is 43.2 Å². The van der Waals surface area contributed by atoms with Gasteiger partial charge in [-0.25, -0.2) is 0 Å². The number of hydrogen-bond acceptors (Lipinski definition) is 1. The van der Waals surface area contributed by atoms with Crippen molar-refractivity contribution in [1.82, 2.24) is 0 Å².